The normalized spacial score (nSPS) is 18.8. The number of piperidine rings is 1. The number of halogens is 2. The van der Waals surface area contributed by atoms with E-state index in [1.54, 1.807) is 31.1 Å². The van der Waals surface area contributed by atoms with Crippen LogP contribution in [0.15, 0.2) is 54.6 Å². The zero-order valence-electron chi connectivity index (χ0n) is 16.9. The molecule has 3 rings (SSSR count). The Hall–Kier alpha value is -1.59. The summed E-state index contributed by atoms with van der Waals surface area (Å²) in [6, 6.07) is 17.2. The number of carbonyl (C=O) groups excluding carboxylic acids is 1. The molecular weight excluding hydrogens is 407 g/mol. The molecule has 1 aliphatic heterocycles. The number of amides is 1. The molecule has 1 heterocycles. The van der Waals surface area contributed by atoms with Gasteiger partial charge in [0, 0.05) is 38.8 Å². The lowest BCUT2D eigenvalue weighted by atomic mass is 9.75. The van der Waals surface area contributed by atoms with Gasteiger partial charge in [-0.15, -0.1) is 11.6 Å². The molecule has 0 bridgehead atoms. The maximum absolute atomic E-state index is 13.0. The lowest BCUT2D eigenvalue weighted by Crippen LogP contribution is -2.52. The molecule has 0 aromatic heterocycles. The van der Waals surface area contributed by atoms with Gasteiger partial charge in [-0.25, -0.2) is 0 Å². The minimum absolute atomic E-state index is 0.0947. The number of benzene rings is 2. The summed E-state index contributed by atoms with van der Waals surface area (Å²) in [6.07, 6.45) is 1.02. The van der Waals surface area contributed by atoms with Gasteiger partial charge in [-0.05, 0) is 36.1 Å². The molecule has 2 aromatic rings. The number of hydrogen-bond donors (Lipinski definition) is 1. The van der Waals surface area contributed by atoms with Crippen molar-refractivity contribution in [3.63, 3.8) is 0 Å². The first kappa shape index (κ1) is 22.1. The fourth-order valence-electron chi connectivity index (χ4n) is 4.00. The van der Waals surface area contributed by atoms with Crippen molar-refractivity contribution in [1.82, 2.24) is 9.80 Å². The Labute approximate surface area is 183 Å². The van der Waals surface area contributed by atoms with Crippen molar-refractivity contribution in [1.29, 1.82) is 0 Å². The van der Waals surface area contributed by atoms with Crippen LogP contribution in [0.3, 0.4) is 0 Å². The van der Waals surface area contributed by atoms with Gasteiger partial charge in [0.2, 0.25) is 5.91 Å². The van der Waals surface area contributed by atoms with Gasteiger partial charge in [0.1, 0.15) is 0 Å². The predicted octanol–water partition coefficient (Wildman–Crippen LogP) is 4.32. The Morgan fingerprint density at radius 2 is 1.66 bits per heavy atom. The highest BCUT2D eigenvalue weighted by atomic mass is 35.5. The highest BCUT2D eigenvalue weighted by molar-refractivity contribution is 6.30. The van der Waals surface area contributed by atoms with Crippen LogP contribution in [0.25, 0.3) is 0 Å². The molecule has 4 nitrogen and oxygen atoms in total. The molecule has 0 radical (unpaired) electrons. The number of nitrogens with zero attached hydrogens (tertiary/aromatic N) is 2. The molecule has 156 valence electrons. The van der Waals surface area contributed by atoms with Gasteiger partial charge in [-0.3, -0.25) is 4.79 Å². The minimum atomic E-state index is -1.10. The second kappa shape index (κ2) is 9.48. The van der Waals surface area contributed by atoms with Crippen molar-refractivity contribution >= 4 is 29.1 Å². The third kappa shape index (κ3) is 5.32. The third-order valence-electron chi connectivity index (χ3n) is 5.73. The summed E-state index contributed by atoms with van der Waals surface area (Å²) >= 11 is 12.6. The van der Waals surface area contributed by atoms with Crippen LogP contribution in [0.2, 0.25) is 5.02 Å². The summed E-state index contributed by atoms with van der Waals surface area (Å²) in [7, 11) is 3.45. The zero-order valence-corrected chi connectivity index (χ0v) is 18.4. The maximum Gasteiger partial charge on any atom is 0.232 e. The molecule has 1 aliphatic rings. The van der Waals surface area contributed by atoms with Crippen LogP contribution in [-0.4, -0.2) is 60.1 Å². The van der Waals surface area contributed by atoms with Gasteiger partial charge in [-0.2, -0.15) is 0 Å². The highest BCUT2D eigenvalue weighted by Gasteiger charge is 2.45. The van der Waals surface area contributed by atoms with Gasteiger partial charge in [0.05, 0.1) is 16.9 Å². The molecule has 0 saturated carbocycles. The van der Waals surface area contributed by atoms with E-state index in [9.17, 15) is 9.90 Å². The molecule has 0 aliphatic carbocycles. The Balaban J connectivity index is 1.72. The van der Waals surface area contributed by atoms with Crippen molar-refractivity contribution in [2.45, 2.75) is 29.7 Å². The smallest absolute Gasteiger partial charge is 0.232 e. The van der Waals surface area contributed by atoms with Crippen LogP contribution in [0, 0.1) is 0 Å². The van der Waals surface area contributed by atoms with E-state index in [1.165, 1.54) is 0 Å². The van der Waals surface area contributed by atoms with Crippen molar-refractivity contribution in [3.05, 3.63) is 70.7 Å². The van der Waals surface area contributed by atoms with E-state index in [-0.39, 0.29) is 11.3 Å². The zero-order chi connectivity index (χ0) is 21.0. The quantitative estimate of drug-likeness (QED) is 0.688. The molecule has 1 N–H and O–H groups in total. The van der Waals surface area contributed by atoms with E-state index in [0.717, 1.165) is 17.7 Å². The number of alkyl halides is 1. The Bertz CT molecular complexity index is 803. The average molecular weight is 435 g/mol. The average Bonchev–Trinajstić information content (AvgIpc) is 2.72. The van der Waals surface area contributed by atoms with Crippen molar-refractivity contribution in [2.75, 3.05) is 33.7 Å². The summed E-state index contributed by atoms with van der Waals surface area (Å²) in [5.41, 5.74) is 0.792. The van der Waals surface area contributed by atoms with Crippen LogP contribution in [0.5, 0.6) is 0 Å². The highest BCUT2D eigenvalue weighted by Crippen LogP contribution is 2.39. The fourth-order valence-corrected chi connectivity index (χ4v) is 4.47. The predicted molar refractivity (Wildman–Crippen MR) is 119 cm³/mol. The maximum atomic E-state index is 13.0. The standard InChI is InChI=1S/C23H28Cl2N2O2/c1-26(2)22(28)21(18-8-10-19(24)11-9-18)23(29)12-14-27(15-13-23)16-20(25)17-6-4-3-5-7-17/h3-11,20-21,29H,12-16H2,1-2H3. The fraction of sp³-hybridized carbons (Fsp3) is 0.435. The summed E-state index contributed by atoms with van der Waals surface area (Å²) in [5.74, 6) is -0.708. The third-order valence-corrected chi connectivity index (χ3v) is 6.37. The monoisotopic (exact) mass is 434 g/mol. The number of likely N-dealkylation sites (tertiary alicyclic amines) is 1. The lowest BCUT2D eigenvalue weighted by molar-refractivity contribution is -0.140. The first-order valence-corrected chi connectivity index (χ1v) is 10.7. The van der Waals surface area contributed by atoms with E-state index < -0.39 is 11.5 Å². The van der Waals surface area contributed by atoms with Crippen LogP contribution < -0.4 is 0 Å². The molecule has 1 amide bonds. The van der Waals surface area contributed by atoms with Crippen molar-refractivity contribution in [2.24, 2.45) is 0 Å². The SMILES string of the molecule is CN(C)C(=O)C(c1ccc(Cl)cc1)C1(O)CCN(CC(Cl)c2ccccc2)CC1. The van der Waals surface area contributed by atoms with Crippen LogP contribution >= 0.6 is 23.2 Å². The Morgan fingerprint density at radius 1 is 1.07 bits per heavy atom. The second-order valence-electron chi connectivity index (χ2n) is 8.00. The molecule has 2 atom stereocenters. The van der Waals surface area contributed by atoms with Gasteiger partial charge >= 0.3 is 0 Å². The first-order valence-electron chi connectivity index (χ1n) is 9.90. The molecule has 0 spiro atoms. The van der Waals surface area contributed by atoms with Crippen molar-refractivity contribution in [3.8, 4) is 0 Å². The van der Waals surface area contributed by atoms with Gasteiger partial charge in [0.25, 0.3) is 0 Å². The van der Waals surface area contributed by atoms with Crippen LogP contribution in [0.4, 0.5) is 0 Å². The molecule has 2 aromatic carbocycles. The minimum Gasteiger partial charge on any atom is -0.389 e. The van der Waals surface area contributed by atoms with Crippen LogP contribution in [-0.2, 0) is 4.79 Å². The summed E-state index contributed by atoms with van der Waals surface area (Å²) in [6.45, 7) is 2.10. The molecule has 29 heavy (non-hydrogen) atoms. The van der Waals surface area contributed by atoms with E-state index in [4.69, 9.17) is 23.2 Å². The van der Waals surface area contributed by atoms with Crippen LogP contribution in [0.1, 0.15) is 35.3 Å². The largest absolute Gasteiger partial charge is 0.389 e. The number of aliphatic hydroxyl groups is 1. The number of rotatable bonds is 6. The topological polar surface area (TPSA) is 43.8 Å². The van der Waals surface area contributed by atoms with Gasteiger partial charge < -0.3 is 14.9 Å². The van der Waals surface area contributed by atoms with Gasteiger partial charge in [0.15, 0.2) is 0 Å². The Morgan fingerprint density at radius 3 is 2.21 bits per heavy atom. The summed E-state index contributed by atoms with van der Waals surface area (Å²) in [5, 5.41) is 12.0. The Kier molecular flexibility index (Phi) is 7.23. The van der Waals surface area contributed by atoms with E-state index >= 15 is 0 Å². The number of likely N-dealkylation sites (N-methyl/N-ethyl adjacent to an activating group) is 1. The van der Waals surface area contributed by atoms with Gasteiger partial charge in [-0.1, -0.05) is 54.1 Å². The molecule has 1 saturated heterocycles. The molecule has 2 unspecified atom stereocenters. The second-order valence-corrected chi connectivity index (χ2v) is 8.96. The number of carbonyl (C=O) groups is 1. The summed E-state index contributed by atoms with van der Waals surface area (Å²) < 4.78 is 0. The molecular formula is C23H28Cl2N2O2. The lowest BCUT2D eigenvalue weighted by Gasteiger charge is -2.43. The van der Waals surface area contributed by atoms with E-state index in [0.29, 0.717) is 31.0 Å². The number of hydrogen-bond acceptors (Lipinski definition) is 3. The van der Waals surface area contributed by atoms with E-state index in [2.05, 4.69) is 4.90 Å². The van der Waals surface area contributed by atoms with E-state index in [1.807, 2.05) is 42.5 Å². The summed E-state index contributed by atoms with van der Waals surface area (Å²) in [4.78, 5) is 16.8. The molecule has 6 heteroatoms. The first-order chi connectivity index (χ1) is 13.8. The molecule has 1 fully saturated rings. The van der Waals surface area contributed by atoms with Crippen molar-refractivity contribution < 1.29 is 9.90 Å².